The van der Waals surface area contributed by atoms with E-state index in [0.717, 1.165) is 30.4 Å². The Morgan fingerprint density at radius 1 is 0.714 bits per heavy atom. The topological polar surface area (TPSA) is 36.9 Å². The van der Waals surface area contributed by atoms with Crippen LogP contribution in [-0.2, 0) is 32.2 Å². The third-order valence-corrected chi connectivity index (χ3v) is 4.37. The van der Waals surface area contributed by atoms with E-state index >= 15 is 0 Å². The van der Waals surface area contributed by atoms with E-state index in [-0.39, 0.29) is 5.56 Å². The van der Waals surface area contributed by atoms with Gasteiger partial charge in [0.2, 0.25) is 0 Å². The van der Waals surface area contributed by atoms with E-state index in [1.807, 2.05) is 30.3 Å². The Bertz CT molecular complexity index is 975. The number of rotatable bonds is 8. The van der Waals surface area contributed by atoms with E-state index in [2.05, 4.69) is 18.9 Å². The Balaban J connectivity index is 2.13. The average molecular weight is 398 g/mol. The lowest BCUT2D eigenvalue weighted by Crippen LogP contribution is -2.24. The predicted molar refractivity (Wildman–Crippen MR) is 94.9 cm³/mol. The number of methoxy groups -OCH3 is 2. The maximum atomic E-state index is 13.5. The van der Waals surface area contributed by atoms with Crippen molar-refractivity contribution in [3.8, 4) is 0 Å². The van der Waals surface area contributed by atoms with Crippen molar-refractivity contribution in [3.63, 3.8) is 0 Å². The minimum Gasteiger partial charge on any atom is -0.299 e. The second-order valence-electron chi connectivity index (χ2n) is 6.00. The molecule has 0 spiro atoms. The molecular formula is C20H18F4O4. The highest BCUT2D eigenvalue weighted by Gasteiger charge is 2.32. The number of hydrogen-bond donors (Lipinski definition) is 0. The summed E-state index contributed by atoms with van der Waals surface area (Å²) in [5.41, 5.74) is 0.574. The number of fused-ring (bicyclic) bond motifs is 3. The maximum absolute atomic E-state index is 13.5. The normalized spacial score (nSPS) is 12.8. The zero-order valence-corrected chi connectivity index (χ0v) is 15.2. The molecule has 0 amide bonds. The first-order valence-corrected chi connectivity index (χ1v) is 8.32. The summed E-state index contributed by atoms with van der Waals surface area (Å²) in [6, 6.07) is 14.3. The van der Waals surface area contributed by atoms with E-state index in [9.17, 15) is 17.6 Å². The van der Waals surface area contributed by atoms with Gasteiger partial charge < -0.3 is 0 Å². The fraction of sp³-hybridized carbons (Fsp3) is 0.300. The minimum absolute atomic E-state index is 0.271. The highest BCUT2D eigenvalue weighted by atomic mass is 19.3. The zero-order valence-electron chi connectivity index (χ0n) is 15.2. The highest BCUT2D eigenvalue weighted by Crippen LogP contribution is 2.33. The Hall–Kier alpha value is -2.26. The molecule has 0 aliphatic heterocycles. The van der Waals surface area contributed by atoms with E-state index < -0.39 is 25.8 Å². The van der Waals surface area contributed by atoms with Crippen molar-refractivity contribution in [1.82, 2.24) is 0 Å². The van der Waals surface area contributed by atoms with Crippen molar-refractivity contribution in [2.24, 2.45) is 0 Å². The summed E-state index contributed by atoms with van der Waals surface area (Å²) in [6.07, 6.45) is -7.62. The molecule has 0 bridgehead atoms. The van der Waals surface area contributed by atoms with Crippen molar-refractivity contribution in [2.75, 3.05) is 14.2 Å². The molecular weight excluding hydrogens is 380 g/mol. The standard InChI is InChI=1S/C20H18F4O4/c1-25-19(21,22)27-11-15-10-9-14-8-7-13-5-3-4-6-16(13)18(14)17(15)12-28-20(23,24)26-2/h3-10H,11-12H2,1-2H3. The number of alkyl halides is 4. The van der Waals surface area contributed by atoms with Crippen LogP contribution in [0.4, 0.5) is 17.6 Å². The predicted octanol–water partition coefficient (Wildman–Crippen LogP) is 5.42. The molecule has 0 heterocycles. The summed E-state index contributed by atoms with van der Waals surface area (Å²) in [4.78, 5) is 0. The maximum Gasteiger partial charge on any atom is 0.485 e. The molecule has 0 saturated heterocycles. The molecule has 28 heavy (non-hydrogen) atoms. The summed E-state index contributed by atoms with van der Waals surface area (Å²) in [5.74, 6) is 0. The van der Waals surface area contributed by atoms with E-state index in [4.69, 9.17) is 0 Å². The van der Waals surface area contributed by atoms with Gasteiger partial charge in [-0.15, -0.1) is 17.6 Å². The van der Waals surface area contributed by atoms with Crippen molar-refractivity contribution >= 4 is 21.5 Å². The fourth-order valence-corrected chi connectivity index (χ4v) is 2.95. The lowest BCUT2D eigenvalue weighted by Gasteiger charge is -2.20. The third kappa shape index (κ3) is 4.41. The molecule has 0 aromatic heterocycles. The van der Waals surface area contributed by atoms with Gasteiger partial charge in [-0.2, -0.15) is 0 Å². The third-order valence-electron chi connectivity index (χ3n) is 4.37. The monoisotopic (exact) mass is 398 g/mol. The average Bonchev–Trinajstić information content (AvgIpc) is 2.70. The molecule has 0 radical (unpaired) electrons. The van der Waals surface area contributed by atoms with Crippen LogP contribution in [-0.4, -0.2) is 26.8 Å². The second-order valence-corrected chi connectivity index (χ2v) is 6.00. The number of benzene rings is 3. The van der Waals surface area contributed by atoms with Crippen LogP contribution >= 0.6 is 0 Å². The van der Waals surface area contributed by atoms with Crippen LogP contribution in [0.2, 0.25) is 0 Å². The Labute approximate surface area is 158 Å². The van der Waals surface area contributed by atoms with Crippen LogP contribution in [0.5, 0.6) is 0 Å². The van der Waals surface area contributed by atoms with Gasteiger partial charge in [-0.1, -0.05) is 48.5 Å². The van der Waals surface area contributed by atoms with Crippen LogP contribution in [0.3, 0.4) is 0 Å². The van der Waals surface area contributed by atoms with Crippen LogP contribution in [0.15, 0.2) is 48.5 Å². The van der Waals surface area contributed by atoms with E-state index in [1.54, 1.807) is 12.1 Å². The molecule has 0 fully saturated rings. The van der Waals surface area contributed by atoms with Crippen molar-refractivity contribution in [2.45, 2.75) is 25.8 Å². The largest absolute Gasteiger partial charge is 0.485 e. The van der Waals surface area contributed by atoms with Gasteiger partial charge in [-0.3, -0.25) is 18.9 Å². The van der Waals surface area contributed by atoms with Gasteiger partial charge in [0.15, 0.2) is 0 Å². The Kier molecular flexibility index (Phi) is 5.85. The first-order chi connectivity index (χ1) is 13.3. The Morgan fingerprint density at radius 3 is 1.96 bits per heavy atom. The molecule has 0 unspecified atom stereocenters. The van der Waals surface area contributed by atoms with E-state index in [0.29, 0.717) is 10.9 Å². The van der Waals surface area contributed by atoms with Crippen molar-refractivity contribution in [3.05, 3.63) is 59.7 Å². The smallest absolute Gasteiger partial charge is 0.299 e. The summed E-state index contributed by atoms with van der Waals surface area (Å²) >= 11 is 0. The lowest BCUT2D eigenvalue weighted by atomic mass is 9.94. The molecule has 3 aromatic rings. The molecule has 3 aromatic carbocycles. The van der Waals surface area contributed by atoms with E-state index in [1.165, 1.54) is 6.07 Å². The van der Waals surface area contributed by atoms with Crippen molar-refractivity contribution < 1.29 is 36.5 Å². The number of halogens is 4. The second kappa shape index (κ2) is 8.00. The molecule has 0 aliphatic carbocycles. The van der Waals surface area contributed by atoms with Crippen LogP contribution in [0.1, 0.15) is 11.1 Å². The summed E-state index contributed by atoms with van der Waals surface area (Å²) in [7, 11) is 1.61. The fourth-order valence-electron chi connectivity index (χ4n) is 2.95. The zero-order chi connectivity index (χ0) is 20.4. The SMILES string of the molecule is COC(F)(F)OCc1ccc2ccc3ccccc3c2c1COC(F)(F)OC. The van der Waals surface area contributed by atoms with Gasteiger partial charge in [0.25, 0.3) is 0 Å². The van der Waals surface area contributed by atoms with Gasteiger partial charge in [-0.05, 0) is 32.7 Å². The molecule has 0 atom stereocenters. The molecule has 0 aliphatic rings. The number of hydrogen-bond acceptors (Lipinski definition) is 4. The Morgan fingerprint density at radius 2 is 1.29 bits per heavy atom. The molecule has 0 N–H and O–H groups in total. The highest BCUT2D eigenvalue weighted by molar-refractivity contribution is 6.09. The first-order valence-electron chi connectivity index (χ1n) is 8.32. The van der Waals surface area contributed by atoms with Crippen molar-refractivity contribution in [1.29, 1.82) is 0 Å². The summed E-state index contributed by atoms with van der Waals surface area (Å²) in [6.45, 7) is -1.12. The molecule has 3 rings (SSSR count). The van der Waals surface area contributed by atoms with Crippen LogP contribution < -0.4 is 0 Å². The lowest BCUT2D eigenvalue weighted by molar-refractivity contribution is -0.390. The van der Waals surface area contributed by atoms with Gasteiger partial charge in [0, 0.05) is 14.2 Å². The quantitative estimate of drug-likeness (QED) is 0.288. The molecule has 0 saturated carbocycles. The van der Waals surface area contributed by atoms with Gasteiger partial charge in [0.1, 0.15) is 0 Å². The van der Waals surface area contributed by atoms with Gasteiger partial charge >= 0.3 is 12.6 Å². The van der Waals surface area contributed by atoms with Gasteiger partial charge in [-0.25, -0.2) is 0 Å². The first kappa shape index (κ1) is 20.5. The summed E-state index contributed by atoms with van der Waals surface area (Å²) in [5, 5.41) is 3.02. The van der Waals surface area contributed by atoms with Crippen LogP contribution in [0.25, 0.3) is 21.5 Å². The van der Waals surface area contributed by atoms with Gasteiger partial charge in [0.05, 0.1) is 13.2 Å². The van der Waals surface area contributed by atoms with Crippen LogP contribution in [0, 0.1) is 0 Å². The molecule has 150 valence electrons. The summed E-state index contributed by atoms with van der Waals surface area (Å²) < 4.78 is 70.7. The molecule has 4 nitrogen and oxygen atoms in total. The minimum atomic E-state index is -3.82. The number of ether oxygens (including phenoxy) is 4. The molecule has 8 heteroatoms.